The summed E-state index contributed by atoms with van der Waals surface area (Å²) in [4.78, 5) is 27.9. The van der Waals surface area contributed by atoms with Crippen molar-refractivity contribution < 1.29 is 18.4 Å². The first kappa shape index (κ1) is 18.9. The molecule has 0 bridgehead atoms. The van der Waals surface area contributed by atoms with Gasteiger partial charge in [-0.05, 0) is 36.4 Å². The summed E-state index contributed by atoms with van der Waals surface area (Å²) in [5.74, 6) is -0.769. The van der Waals surface area contributed by atoms with Crippen molar-refractivity contribution in [2.75, 3.05) is 13.1 Å². The number of amides is 3. The minimum atomic E-state index is -0.440. The number of pyridine rings is 1. The zero-order valence-electron chi connectivity index (χ0n) is 15.4. The Bertz CT molecular complexity index is 1060. The Balaban J connectivity index is 1.52. The van der Waals surface area contributed by atoms with E-state index in [1.54, 1.807) is 16.5 Å². The van der Waals surface area contributed by atoms with Crippen LogP contribution < -0.4 is 16.0 Å². The second kappa shape index (κ2) is 7.86. The van der Waals surface area contributed by atoms with E-state index in [2.05, 4.69) is 20.9 Å². The number of carbonyl (C=O) groups is 2. The quantitative estimate of drug-likeness (QED) is 0.615. The van der Waals surface area contributed by atoms with Gasteiger partial charge in [0.1, 0.15) is 17.3 Å². The van der Waals surface area contributed by atoms with Crippen LogP contribution in [0.15, 0.2) is 42.6 Å². The molecular weight excluding hydrogens is 380 g/mol. The van der Waals surface area contributed by atoms with E-state index in [-0.39, 0.29) is 24.2 Å². The van der Waals surface area contributed by atoms with Crippen LogP contribution in [0.25, 0.3) is 16.9 Å². The molecule has 3 aromatic rings. The van der Waals surface area contributed by atoms with Crippen LogP contribution in [0.1, 0.15) is 12.1 Å². The standard InChI is InChI=1S/C20H19F2N5O2/c21-14-3-1-13(2-4-14)19-16(27-11-15(22)5-6-17(27)26-19)10-25-20(29)24-9-12-7-18(28)23-8-12/h1-6,11-12H,7-10H2,(H,23,28)(H2,24,25,29). The summed E-state index contributed by atoms with van der Waals surface area (Å²) in [7, 11) is 0. The largest absolute Gasteiger partial charge is 0.356 e. The van der Waals surface area contributed by atoms with Crippen molar-refractivity contribution in [2.45, 2.75) is 13.0 Å². The Morgan fingerprint density at radius 3 is 2.62 bits per heavy atom. The average Bonchev–Trinajstić information content (AvgIpc) is 3.28. The van der Waals surface area contributed by atoms with Crippen LogP contribution in [-0.2, 0) is 11.3 Å². The third kappa shape index (κ3) is 4.18. The van der Waals surface area contributed by atoms with Gasteiger partial charge in [0.25, 0.3) is 0 Å². The Kier molecular flexibility index (Phi) is 5.11. The number of urea groups is 1. The van der Waals surface area contributed by atoms with Gasteiger partial charge in [0.15, 0.2) is 0 Å². The first-order valence-electron chi connectivity index (χ1n) is 9.20. The monoisotopic (exact) mass is 399 g/mol. The average molecular weight is 399 g/mol. The van der Waals surface area contributed by atoms with Crippen molar-refractivity contribution in [2.24, 2.45) is 5.92 Å². The number of rotatable bonds is 5. The van der Waals surface area contributed by atoms with Gasteiger partial charge in [-0.3, -0.25) is 9.20 Å². The van der Waals surface area contributed by atoms with E-state index in [0.717, 1.165) is 0 Å². The molecule has 1 saturated heterocycles. The van der Waals surface area contributed by atoms with E-state index >= 15 is 0 Å². The highest BCUT2D eigenvalue weighted by atomic mass is 19.1. The van der Waals surface area contributed by atoms with Crippen molar-refractivity contribution in [1.82, 2.24) is 25.3 Å². The number of imidazole rings is 1. The molecule has 1 aliphatic rings. The SMILES string of the molecule is O=C1CC(CNC(=O)NCc2c(-c3ccc(F)cc3)nc3ccc(F)cn23)CN1. The predicted molar refractivity (Wildman–Crippen MR) is 102 cm³/mol. The van der Waals surface area contributed by atoms with E-state index < -0.39 is 11.8 Å². The molecule has 0 spiro atoms. The molecule has 2 aromatic heterocycles. The molecule has 9 heteroatoms. The fourth-order valence-corrected chi connectivity index (χ4v) is 3.35. The summed E-state index contributed by atoms with van der Waals surface area (Å²) in [6.07, 6.45) is 1.68. The number of fused-ring (bicyclic) bond motifs is 1. The van der Waals surface area contributed by atoms with E-state index in [1.807, 2.05) is 0 Å². The second-order valence-electron chi connectivity index (χ2n) is 6.93. The van der Waals surface area contributed by atoms with Crippen LogP contribution in [-0.4, -0.2) is 34.4 Å². The zero-order valence-corrected chi connectivity index (χ0v) is 15.4. The lowest BCUT2D eigenvalue weighted by atomic mass is 10.1. The lowest BCUT2D eigenvalue weighted by Crippen LogP contribution is -2.38. The molecule has 3 amide bonds. The minimum Gasteiger partial charge on any atom is -0.356 e. The summed E-state index contributed by atoms with van der Waals surface area (Å²) in [6, 6.07) is 8.25. The van der Waals surface area contributed by atoms with Crippen LogP contribution in [0.4, 0.5) is 13.6 Å². The van der Waals surface area contributed by atoms with Crippen LogP contribution >= 0.6 is 0 Å². The van der Waals surface area contributed by atoms with Gasteiger partial charge in [-0.25, -0.2) is 18.6 Å². The lowest BCUT2D eigenvalue weighted by Gasteiger charge is -2.11. The summed E-state index contributed by atoms with van der Waals surface area (Å²) in [5, 5.41) is 8.20. The van der Waals surface area contributed by atoms with E-state index in [4.69, 9.17) is 0 Å². The first-order chi connectivity index (χ1) is 14.0. The minimum absolute atomic E-state index is 0.0195. The summed E-state index contributed by atoms with van der Waals surface area (Å²) in [5.41, 5.74) is 2.27. The zero-order chi connectivity index (χ0) is 20.4. The highest BCUT2D eigenvalue weighted by Gasteiger charge is 2.22. The molecule has 1 aliphatic heterocycles. The lowest BCUT2D eigenvalue weighted by molar-refractivity contribution is -0.119. The molecule has 0 aliphatic carbocycles. The maximum absolute atomic E-state index is 13.8. The van der Waals surface area contributed by atoms with Crippen LogP contribution in [0, 0.1) is 17.6 Å². The number of hydrogen-bond acceptors (Lipinski definition) is 3. The van der Waals surface area contributed by atoms with Crippen molar-refractivity contribution in [3.8, 4) is 11.3 Å². The molecule has 0 radical (unpaired) electrons. The molecule has 1 atom stereocenters. The molecule has 150 valence electrons. The second-order valence-corrected chi connectivity index (χ2v) is 6.93. The topological polar surface area (TPSA) is 87.5 Å². The van der Waals surface area contributed by atoms with Gasteiger partial charge in [-0.1, -0.05) is 0 Å². The van der Waals surface area contributed by atoms with Gasteiger partial charge in [-0.15, -0.1) is 0 Å². The molecule has 29 heavy (non-hydrogen) atoms. The highest BCUT2D eigenvalue weighted by Crippen LogP contribution is 2.25. The fourth-order valence-electron chi connectivity index (χ4n) is 3.35. The van der Waals surface area contributed by atoms with Crippen molar-refractivity contribution in [1.29, 1.82) is 0 Å². The number of nitrogens with one attached hydrogen (secondary N) is 3. The Morgan fingerprint density at radius 2 is 1.90 bits per heavy atom. The highest BCUT2D eigenvalue weighted by molar-refractivity contribution is 5.79. The summed E-state index contributed by atoms with van der Waals surface area (Å²) >= 11 is 0. The van der Waals surface area contributed by atoms with Crippen molar-refractivity contribution in [3.63, 3.8) is 0 Å². The molecule has 0 saturated carbocycles. The van der Waals surface area contributed by atoms with E-state index in [9.17, 15) is 18.4 Å². The van der Waals surface area contributed by atoms with E-state index in [1.165, 1.54) is 30.5 Å². The molecule has 4 rings (SSSR count). The Morgan fingerprint density at radius 1 is 1.14 bits per heavy atom. The van der Waals surface area contributed by atoms with Crippen LogP contribution in [0.5, 0.6) is 0 Å². The van der Waals surface area contributed by atoms with Gasteiger partial charge in [0.05, 0.1) is 17.9 Å². The number of aromatic nitrogens is 2. The molecule has 3 N–H and O–H groups in total. The number of halogens is 2. The molecule has 1 fully saturated rings. The smallest absolute Gasteiger partial charge is 0.315 e. The summed E-state index contributed by atoms with van der Waals surface area (Å²) in [6.45, 7) is 1.00. The van der Waals surface area contributed by atoms with Gasteiger partial charge in [0.2, 0.25) is 5.91 Å². The van der Waals surface area contributed by atoms with Crippen LogP contribution in [0.3, 0.4) is 0 Å². The normalized spacial score (nSPS) is 16.1. The summed E-state index contributed by atoms with van der Waals surface area (Å²) < 4.78 is 28.6. The predicted octanol–water partition coefficient (Wildman–Crippen LogP) is 2.21. The molecule has 1 unspecified atom stereocenters. The molecule has 3 heterocycles. The van der Waals surface area contributed by atoms with Gasteiger partial charge in [0, 0.05) is 37.2 Å². The van der Waals surface area contributed by atoms with Gasteiger partial charge >= 0.3 is 6.03 Å². The molecule has 1 aromatic carbocycles. The van der Waals surface area contributed by atoms with E-state index in [0.29, 0.717) is 42.1 Å². The van der Waals surface area contributed by atoms with Gasteiger partial charge in [-0.2, -0.15) is 0 Å². The first-order valence-corrected chi connectivity index (χ1v) is 9.20. The Hall–Kier alpha value is -3.49. The fraction of sp³-hybridized carbons (Fsp3) is 0.250. The third-order valence-corrected chi connectivity index (χ3v) is 4.83. The van der Waals surface area contributed by atoms with Crippen molar-refractivity contribution >= 4 is 17.6 Å². The van der Waals surface area contributed by atoms with Gasteiger partial charge < -0.3 is 16.0 Å². The number of nitrogens with zero attached hydrogens (tertiary/aromatic N) is 2. The van der Waals surface area contributed by atoms with Crippen molar-refractivity contribution in [3.05, 3.63) is 59.9 Å². The molecule has 7 nitrogen and oxygen atoms in total. The third-order valence-electron chi connectivity index (χ3n) is 4.83. The Labute approximate surface area is 165 Å². The number of hydrogen-bond donors (Lipinski definition) is 3. The maximum atomic E-state index is 13.8. The number of benzene rings is 1. The molecular formula is C20H19F2N5O2. The number of carbonyl (C=O) groups excluding carboxylic acids is 2. The maximum Gasteiger partial charge on any atom is 0.315 e. The van der Waals surface area contributed by atoms with Crippen LogP contribution in [0.2, 0.25) is 0 Å².